The smallest absolute Gasteiger partial charge is 0.175 e. The highest BCUT2D eigenvalue weighted by atomic mass is 16.5. The molecule has 0 unspecified atom stereocenters. The highest BCUT2D eigenvalue weighted by Gasteiger charge is 2.25. The van der Waals surface area contributed by atoms with Crippen LogP contribution in [0.2, 0.25) is 0 Å². The number of carbonyl (C=O) groups is 1. The molecule has 0 radical (unpaired) electrons. The zero-order valence-electron chi connectivity index (χ0n) is 31.2. The number of aryl methyl sites for hydroxylation is 1. The minimum absolute atomic E-state index is 0.0461. The van der Waals surface area contributed by atoms with Crippen molar-refractivity contribution in [2.24, 2.45) is 0 Å². The Hall–Kier alpha value is -3.09. The first-order chi connectivity index (χ1) is 23.5. The van der Waals surface area contributed by atoms with E-state index in [-0.39, 0.29) is 12.2 Å². The molecule has 48 heavy (non-hydrogen) atoms. The lowest BCUT2D eigenvalue weighted by Crippen LogP contribution is -2.12. The van der Waals surface area contributed by atoms with E-state index < -0.39 is 0 Å². The van der Waals surface area contributed by atoms with E-state index in [4.69, 9.17) is 28.4 Å². The number of hydrogen-bond donors (Lipinski definition) is 0. The molecule has 0 spiro atoms. The van der Waals surface area contributed by atoms with E-state index in [9.17, 15) is 4.79 Å². The molecule has 7 nitrogen and oxygen atoms in total. The molecule has 0 atom stereocenters. The molecule has 2 aromatic carbocycles. The maximum atomic E-state index is 14.3. The summed E-state index contributed by atoms with van der Waals surface area (Å²) in [7, 11) is 1.65. The highest BCUT2D eigenvalue weighted by Crippen LogP contribution is 2.41. The van der Waals surface area contributed by atoms with Crippen molar-refractivity contribution >= 4 is 5.78 Å². The monoisotopic (exact) mass is 670 g/mol. The minimum Gasteiger partial charge on any atom is -0.493 e. The van der Waals surface area contributed by atoms with Crippen LogP contribution in [0, 0.1) is 0 Å². The lowest BCUT2D eigenvalue weighted by atomic mass is 9.99. The molecular weight excluding hydrogens is 604 g/mol. The SMILES string of the molecule is CCCCCOc1cc(CCC(=O)c2c(OCCCCC)ccc(OCCCCC)c2OCCCCC)c(OCCCCC)c(OC)c1. The zero-order valence-corrected chi connectivity index (χ0v) is 31.2. The number of rotatable bonds is 30. The standard InChI is InChI=1S/C41H66O7/c1-7-12-17-26-44-34-31-33(40(38(32-34)43-6)47-29-20-15-10-4)22-23-35(42)39-36(45-27-18-13-8-2)24-25-37(46-28-19-14-9-3)41(39)48-30-21-16-11-5/h24-25,31-32H,7-23,26-30H2,1-6H3. The van der Waals surface area contributed by atoms with Gasteiger partial charge in [0, 0.05) is 18.1 Å². The fraction of sp³-hybridized carbons (Fsp3) is 0.683. The van der Waals surface area contributed by atoms with Crippen molar-refractivity contribution in [3.63, 3.8) is 0 Å². The van der Waals surface area contributed by atoms with Crippen LogP contribution in [0.1, 0.15) is 153 Å². The predicted octanol–water partition coefficient (Wildman–Crippen LogP) is 11.4. The summed E-state index contributed by atoms with van der Waals surface area (Å²) in [6.07, 6.45) is 16.4. The number of ether oxygens (including phenoxy) is 6. The molecular formula is C41H66O7. The molecule has 0 fully saturated rings. The Bertz CT molecular complexity index is 1150. The lowest BCUT2D eigenvalue weighted by molar-refractivity contribution is 0.0972. The number of methoxy groups -OCH3 is 1. The van der Waals surface area contributed by atoms with Crippen molar-refractivity contribution in [1.29, 1.82) is 0 Å². The minimum atomic E-state index is -0.0461. The fourth-order valence-corrected chi connectivity index (χ4v) is 5.44. The van der Waals surface area contributed by atoms with Crippen LogP contribution in [-0.2, 0) is 6.42 Å². The van der Waals surface area contributed by atoms with Crippen LogP contribution in [0.5, 0.6) is 34.5 Å². The van der Waals surface area contributed by atoms with E-state index in [1.807, 2.05) is 24.3 Å². The van der Waals surface area contributed by atoms with Gasteiger partial charge in [0.25, 0.3) is 0 Å². The highest BCUT2D eigenvalue weighted by molar-refractivity contribution is 6.02. The van der Waals surface area contributed by atoms with Gasteiger partial charge >= 0.3 is 0 Å². The van der Waals surface area contributed by atoms with Gasteiger partial charge in [-0.3, -0.25) is 4.79 Å². The van der Waals surface area contributed by atoms with Crippen molar-refractivity contribution in [1.82, 2.24) is 0 Å². The molecule has 7 heteroatoms. The summed E-state index contributed by atoms with van der Waals surface area (Å²) in [5.41, 5.74) is 1.37. The topological polar surface area (TPSA) is 72.5 Å². The molecule has 0 saturated carbocycles. The molecule has 2 rings (SSSR count). The number of carbonyl (C=O) groups excluding carboxylic acids is 1. The van der Waals surface area contributed by atoms with Crippen molar-refractivity contribution in [2.45, 2.75) is 144 Å². The molecule has 272 valence electrons. The second kappa shape index (κ2) is 25.9. The first kappa shape index (κ1) is 41.1. The fourth-order valence-electron chi connectivity index (χ4n) is 5.44. The Kier molecular flexibility index (Phi) is 22.1. The van der Waals surface area contributed by atoms with Gasteiger partial charge in [-0.05, 0) is 56.7 Å². The summed E-state index contributed by atoms with van der Waals surface area (Å²) >= 11 is 0. The van der Waals surface area contributed by atoms with Gasteiger partial charge in [-0.1, -0.05) is 98.8 Å². The average Bonchev–Trinajstić information content (AvgIpc) is 3.10. The summed E-state index contributed by atoms with van der Waals surface area (Å²) in [4.78, 5) is 14.3. The molecule has 0 aliphatic heterocycles. The van der Waals surface area contributed by atoms with Crippen LogP contribution in [0.15, 0.2) is 24.3 Å². The Morgan fingerprint density at radius 2 is 0.979 bits per heavy atom. The predicted molar refractivity (Wildman–Crippen MR) is 197 cm³/mol. The molecule has 0 bridgehead atoms. The number of benzene rings is 2. The number of hydrogen-bond acceptors (Lipinski definition) is 7. The van der Waals surface area contributed by atoms with Crippen molar-refractivity contribution in [3.8, 4) is 34.5 Å². The van der Waals surface area contributed by atoms with E-state index >= 15 is 0 Å². The van der Waals surface area contributed by atoms with Crippen LogP contribution in [0.4, 0.5) is 0 Å². The van der Waals surface area contributed by atoms with Crippen molar-refractivity contribution < 1.29 is 33.2 Å². The van der Waals surface area contributed by atoms with Gasteiger partial charge in [0.15, 0.2) is 28.8 Å². The first-order valence-electron chi connectivity index (χ1n) is 19.1. The average molecular weight is 671 g/mol. The third-order valence-corrected chi connectivity index (χ3v) is 8.32. The summed E-state index contributed by atoms with van der Waals surface area (Å²) in [6, 6.07) is 7.69. The number of Topliss-reactive ketones (excluding diaryl/α,β-unsaturated/α-hetero) is 1. The van der Waals surface area contributed by atoms with Gasteiger partial charge in [0.05, 0.1) is 40.1 Å². The first-order valence-corrected chi connectivity index (χ1v) is 19.1. The number of ketones is 1. The zero-order chi connectivity index (χ0) is 34.8. The second-order valence-corrected chi connectivity index (χ2v) is 12.6. The Labute approximate surface area is 292 Å². The number of unbranched alkanes of at least 4 members (excludes halogenated alkanes) is 10. The molecule has 0 heterocycles. The van der Waals surface area contributed by atoms with Crippen LogP contribution in [-0.4, -0.2) is 45.9 Å². The maximum absolute atomic E-state index is 14.3. The summed E-state index contributed by atoms with van der Waals surface area (Å²) < 4.78 is 37.2. The Balaban J connectivity index is 2.47. The van der Waals surface area contributed by atoms with Crippen LogP contribution < -0.4 is 28.4 Å². The van der Waals surface area contributed by atoms with Gasteiger partial charge in [0.2, 0.25) is 0 Å². The summed E-state index contributed by atoms with van der Waals surface area (Å²) in [5, 5.41) is 0. The molecule has 0 amide bonds. The van der Waals surface area contributed by atoms with E-state index in [0.717, 1.165) is 108 Å². The summed E-state index contributed by atoms with van der Waals surface area (Å²) in [5.74, 6) is 3.66. The normalized spacial score (nSPS) is 11.0. The van der Waals surface area contributed by atoms with Crippen LogP contribution >= 0.6 is 0 Å². The van der Waals surface area contributed by atoms with Gasteiger partial charge in [-0.15, -0.1) is 0 Å². The van der Waals surface area contributed by atoms with Crippen LogP contribution in [0.25, 0.3) is 0 Å². The molecule has 0 aliphatic rings. The largest absolute Gasteiger partial charge is 0.493 e. The summed E-state index contributed by atoms with van der Waals surface area (Å²) in [6.45, 7) is 13.7. The second-order valence-electron chi connectivity index (χ2n) is 12.6. The van der Waals surface area contributed by atoms with E-state index in [2.05, 4.69) is 34.6 Å². The van der Waals surface area contributed by atoms with E-state index in [1.54, 1.807) is 7.11 Å². The van der Waals surface area contributed by atoms with Crippen molar-refractivity contribution in [3.05, 3.63) is 35.4 Å². The third-order valence-electron chi connectivity index (χ3n) is 8.32. The lowest BCUT2D eigenvalue weighted by Gasteiger charge is -2.20. The molecule has 0 aliphatic carbocycles. The van der Waals surface area contributed by atoms with Crippen molar-refractivity contribution in [2.75, 3.05) is 40.1 Å². The quantitative estimate of drug-likeness (QED) is 0.0605. The third kappa shape index (κ3) is 15.0. The van der Waals surface area contributed by atoms with Crippen LogP contribution in [0.3, 0.4) is 0 Å². The van der Waals surface area contributed by atoms with Gasteiger partial charge in [-0.2, -0.15) is 0 Å². The molecule has 2 aromatic rings. The van der Waals surface area contributed by atoms with Gasteiger partial charge < -0.3 is 28.4 Å². The molecule has 0 aromatic heterocycles. The van der Waals surface area contributed by atoms with E-state index in [0.29, 0.717) is 73.8 Å². The Morgan fingerprint density at radius 3 is 1.50 bits per heavy atom. The van der Waals surface area contributed by atoms with E-state index in [1.165, 1.54) is 0 Å². The molecule has 0 saturated heterocycles. The molecule has 0 N–H and O–H groups in total. The maximum Gasteiger partial charge on any atom is 0.175 e. The van der Waals surface area contributed by atoms with Gasteiger partial charge in [-0.25, -0.2) is 0 Å². The van der Waals surface area contributed by atoms with Gasteiger partial charge in [0.1, 0.15) is 17.1 Å². The Morgan fingerprint density at radius 1 is 0.521 bits per heavy atom.